The van der Waals surface area contributed by atoms with Gasteiger partial charge in [-0.15, -0.1) is 0 Å². The van der Waals surface area contributed by atoms with E-state index in [0.717, 1.165) is 30.3 Å². The van der Waals surface area contributed by atoms with Crippen LogP contribution in [-0.4, -0.2) is 42.4 Å². The molecule has 0 bridgehead atoms. The summed E-state index contributed by atoms with van der Waals surface area (Å²) in [5.74, 6) is 1.59. The van der Waals surface area contributed by atoms with Crippen molar-refractivity contribution in [2.24, 2.45) is 11.7 Å². The molecule has 1 aromatic rings. The highest BCUT2D eigenvalue weighted by Crippen LogP contribution is 2.18. The number of piperidine rings is 1. The maximum absolute atomic E-state index is 10.1. The first-order chi connectivity index (χ1) is 9.69. The molecule has 1 aliphatic heterocycles. The summed E-state index contributed by atoms with van der Waals surface area (Å²) in [6.07, 6.45) is 2.00. The van der Waals surface area contributed by atoms with Crippen LogP contribution >= 0.6 is 0 Å². The number of para-hydroxylation sites is 1. The van der Waals surface area contributed by atoms with Gasteiger partial charge in [-0.1, -0.05) is 25.1 Å². The summed E-state index contributed by atoms with van der Waals surface area (Å²) in [5, 5.41) is 10.1. The Morgan fingerprint density at radius 3 is 2.75 bits per heavy atom. The standard InChI is InChI=1S/C16H26N2O2/c1-13-6-8-18(9-7-13)11-15(19)12-20-16-5-3-2-4-14(16)10-17/h2-5,13,15,19H,6-12,17H2,1H3. The van der Waals surface area contributed by atoms with Gasteiger partial charge in [0.2, 0.25) is 0 Å². The smallest absolute Gasteiger partial charge is 0.123 e. The lowest BCUT2D eigenvalue weighted by molar-refractivity contribution is 0.0560. The van der Waals surface area contributed by atoms with Crippen molar-refractivity contribution in [3.63, 3.8) is 0 Å². The molecule has 0 aromatic heterocycles. The molecule has 1 unspecified atom stereocenters. The van der Waals surface area contributed by atoms with Gasteiger partial charge in [0.15, 0.2) is 0 Å². The van der Waals surface area contributed by atoms with E-state index in [1.165, 1.54) is 12.8 Å². The Labute approximate surface area is 121 Å². The average molecular weight is 278 g/mol. The van der Waals surface area contributed by atoms with Gasteiger partial charge in [-0.05, 0) is 37.9 Å². The van der Waals surface area contributed by atoms with E-state index >= 15 is 0 Å². The highest BCUT2D eigenvalue weighted by molar-refractivity contribution is 5.32. The summed E-state index contributed by atoms with van der Waals surface area (Å²) < 4.78 is 5.70. The van der Waals surface area contributed by atoms with E-state index in [1.54, 1.807) is 0 Å². The third-order valence-corrected chi connectivity index (χ3v) is 3.97. The Morgan fingerprint density at radius 2 is 2.05 bits per heavy atom. The van der Waals surface area contributed by atoms with E-state index in [9.17, 15) is 5.11 Å². The zero-order chi connectivity index (χ0) is 14.4. The highest BCUT2D eigenvalue weighted by Gasteiger charge is 2.18. The quantitative estimate of drug-likeness (QED) is 0.830. The van der Waals surface area contributed by atoms with Crippen LogP contribution in [0, 0.1) is 5.92 Å². The van der Waals surface area contributed by atoms with Crippen molar-refractivity contribution in [2.75, 3.05) is 26.2 Å². The number of hydrogen-bond donors (Lipinski definition) is 2. The maximum atomic E-state index is 10.1. The Kier molecular flexibility index (Phi) is 5.83. The van der Waals surface area contributed by atoms with E-state index in [-0.39, 0.29) is 0 Å². The fourth-order valence-electron chi connectivity index (χ4n) is 2.59. The van der Waals surface area contributed by atoms with Crippen LogP contribution in [0.25, 0.3) is 0 Å². The molecule has 4 nitrogen and oxygen atoms in total. The number of aliphatic hydroxyl groups excluding tert-OH is 1. The van der Waals surface area contributed by atoms with E-state index in [0.29, 0.717) is 19.7 Å². The van der Waals surface area contributed by atoms with Crippen LogP contribution in [0.2, 0.25) is 0 Å². The lowest BCUT2D eigenvalue weighted by Crippen LogP contribution is -2.40. The monoisotopic (exact) mass is 278 g/mol. The number of rotatable bonds is 6. The zero-order valence-electron chi connectivity index (χ0n) is 12.3. The van der Waals surface area contributed by atoms with Gasteiger partial charge < -0.3 is 20.5 Å². The molecular formula is C16H26N2O2. The fraction of sp³-hybridized carbons (Fsp3) is 0.625. The van der Waals surface area contributed by atoms with Crippen LogP contribution in [-0.2, 0) is 6.54 Å². The van der Waals surface area contributed by atoms with E-state index in [1.807, 2.05) is 24.3 Å². The molecule has 1 aromatic carbocycles. The highest BCUT2D eigenvalue weighted by atomic mass is 16.5. The molecule has 0 aliphatic carbocycles. The van der Waals surface area contributed by atoms with Gasteiger partial charge in [0, 0.05) is 18.7 Å². The van der Waals surface area contributed by atoms with Crippen LogP contribution in [0.5, 0.6) is 5.75 Å². The zero-order valence-corrected chi connectivity index (χ0v) is 12.3. The summed E-state index contributed by atoms with van der Waals surface area (Å²) in [5.41, 5.74) is 6.65. The largest absolute Gasteiger partial charge is 0.491 e. The number of hydrogen-bond acceptors (Lipinski definition) is 4. The van der Waals surface area contributed by atoms with Crippen molar-refractivity contribution >= 4 is 0 Å². The maximum Gasteiger partial charge on any atom is 0.123 e. The number of ether oxygens (including phenoxy) is 1. The van der Waals surface area contributed by atoms with Gasteiger partial charge in [-0.25, -0.2) is 0 Å². The van der Waals surface area contributed by atoms with E-state index < -0.39 is 6.10 Å². The van der Waals surface area contributed by atoms with Crippen LogP contribution in [0.1, 0.15) is 25.3 Å². The molecule has 0 saturated carbocycles. The third-order valence-electron chi connectivity index (χ3n) is 3.97. The molecule has 3 N–H and O–H groups in total. The molecule has 1 saturated heterocycles. The summed E-state index contributed by atoms with van der Waals surface area (Å²) in [6.45, 7) is 5.92. The minimum absolute atomic E-state index is 0.322. The van der Waals surface area contributed by atoms with Crippen LogP contribution in [0.3, 0.4) is 0 Å². The summed E-state index contributed by atoms with van der Waals surface area (Å²) in [4.78, 5) is 2.32. The molecule has 112 valence electrons. The molecule has 20 heavy (non-hydrogen) atoms. The minimum Gasteiger partial charge on any atom is -0.491 e. The van der Waals surface area contributed by atoms with Crippen molar-refractivity contribution in [2.45, 2.75) is 32.4 Å². The van der Waals surface area contributed by atoms with Gasteiger partial charge in [-0.2, -0.15) is 0 Å². The van der Waals surface area contributed by atoms with Gasteiger partial charge in [0.25, 0.3) is 0 Å². The molecular weight excluding hydrogens is 252 g/mol. The second-order valence-corrected chi connectivity index (χ2v) is 5.76. The van der Waals surface area contributed by atoms with Gasteiger partial charge in [0.1, 0.15) is 18.5 Å². The van der Waals surface area contributed by atoms with Crippen molar-refractivity contribution in [3.8, 4) is 5.75 Å². The first kappa shape index (κ1) is 15.3. The summed E-state index contributed by atoms with van der Waals surface area (Å²) >= 11 is 0. The molecule has 1 heterocycles. The third kappa shape index (κ3) is 4.47. The predicted molar refractivity (Wildman–Crippen MR) is 80.7 cm³/mol. The van der Waals surface area contributed by atoms with Gasteiger partial charge >= 0.3 is 0 Å². The van der Waals surface area contributed by atoms with Gasteiger partial charge in [0.05, 0.1) is 0 Å². The molecule has 0 amide bonds. The molecule has 4 heteroatoms. The van der Waals surface area contributed by atoms with E-state index in [4.69, 9.17) is 10.5 Å². The number of nitrogens with zero attached hydrogens (tertiary/aromatic N) is 1. The lowest BCUT2D eigenvalue weighted by atomic mass is 9.99. The Bertz CT molecular complexity index is 403. The summed E-state index contributed by atoms with van der Waals surface area (Å²) in [6, 6.07) is 7.72. The molecule has 1 atom stereocenters. The van der Waals surface area contributed by atoms with Gasteiger partial charge in [-0.3, -0.25) is 0 Å². The molecule has 1 aliphatic rings. The van der Waals surface area contributed by atoms with Crippen molar-refractivity contribution in [3.05, 3.63) is 29.8 Å². The number of likely N-dealkylation sites (tertiary alicyclic amines) is 1. The number of nitrogens with two attached hydrogens (primary N) is 1. The predicted octanol–water partition coefficient (Wildman–Crippen LogP) is 1.62. The average Bonchev–Trinajstić information content (AvgIpc) is 2.48. The topological polar surface area (TPSA) is 58.7 Å². The SMILES string of the molecule is CC1CCN(CC(O)COc2ccccc2CN)CC1. The van der Waals surface area contributed by atoms with Crippen LogP contribution in [0.4, 0.5) is 0 Å². The van der Waals surface area contributed by atoms with Crippen LogP contribution in [0.15, 0.2) is 24.3 Å². The minimum atomic E-state index is -0.450. The first-order valence-corrected chi connectivity index (χ1v) is 7.50. The number of aliphatic hydroxyl groups is 1. The Hall–Kier alpha value is -1.10. The normalized spacial score (nSPS) is 18.9. The second-order valence-electron chi connectivity index (χ2n) is 5.76. The Morgan fingerprint density at radius 1 is 1.35 bits per heavy atom. The lowest BCUT2D eigenvalue weighted by Gasteiger charge is -2.31. The first-order valence-electron chi connectivity index (χ1n) is 7.50. The van der Waals surface area contributed by atoms with E-state index in [2.05, 4.69) is 11.8 Å². The Balaban J connectivity index is 1.76. The molecule has 0 spiro atoms. The van der Waals surface area contributed by atoms with Crippen molar-refractivity contribution < 1.29 is 9.84 Å². The van der Waals surface area contributed by atoms with Crippen molar-refractivity contribution in [1.82, 2.24) is 4.90 Å². The molecule has 2 rings (SSSR count). The van der Waals surface area contributed by atoms with Crippen molar-refractivity contribution in [1.29, 1.82) is 0 Å². The number of β-amino-alcohol motifs (C(OH)–C–C–N with tert-alkyl or cyclic N) is 1. The molecule has 1 fully saturated rings. The summed E-state index contributed by atoms with van der Waals surface area (Å²) in [7, 11) is 0. The number of benzene rings is 1. The van der Waals surface area contributed by atoms with Crippen LogP contribution < -0.4 is 10.5 Å². The molecule has 0 radical (unpaired) electrons. The fourth-order valence-corrected chi connectivity index (χ4v) is 2.59. The second kappa shape index (κ2) is 7.62.